The van der Waals surface area contributed by atoms with Gasteiger partial charge in [-0.3, -0.25) is 4.79 Å². The van der Waals surface area contributed by atoms with Gasteiger partial charge in [-0.05, 0) is 63.4 Å². The van der Waals surface area contributed by atoms with Crippen LogP contribution in [-0.2, 0) is 15.6 Å². The van der Waals surface area contributed by atoms with Crippen LogP contribution in [0.25, 0.3) is 0 Å². The molecule has 0 bridgehead atoms. The Balaban J connectivity index is 2.33. The SMILES string of the molecule is CC(C)(C)C(C(=O)c1ccc(I)cc1I)[S+]1CCOCC1. The Kier molecular flexibility index (Phi) is 6.42. The molecule has 1 heterocycles. The number of hydrogen-bond acceptors (Lipinski definition) is 2. The van der Waals surface area contributed by atoms with Crippen LogP contribution in [0.2, 0.25) is 0 Å². The Morgan fingerprint density at radius 3 is 2.38 bits per heavy atom. The van der Waals surface area contributed by atoms with Crippen LogP contribution >= 0.6 is 45.2 Å². The van der Waals surface area contributed by atoms with Gasteiger partial charge < -0.3 is 4.74 Å². The lowest BCUT2D eigenvalue weighted by Gasteiger charge is -2.31. The van der Waals surface area contributed by atoms with Gasteiger partial charge in [-0.15, -0.1) is 0 Å². The van der Waals surface area contributed by atoms with Crippen molar-refractivity contribution in [1.82, 2.24) is 0 Å². The van der Waals surface area contributed by atoms with Crippen molar-refractivity contribution in [2.24, 2.45) is 5.41 Å². The quantitative estimate of drug-likeness (QED) is 0.333. The van der Waals surface area contributed by atoms with Crippen LogP contribution in [0.15, 0.2) is 18.2 Å². The molecule has 1 aliphatic heterocycles. The van der Waals surface area contributed by atoms with E-state index in [0.717, 1.165) is 33.9 Å². The molecule has 0 N–H and O–H groups in total. The summed E-state index contributed by atoms with van der Waals surface area (Å²) < 4.78 is 7.72. The van der Waals surface area contributed by atoms with Crippen molar-refractivity contribution in [3.63, 3.8) is 0 Å². The van der Waals surface area contributed by atoms with Crippen LogP contribution in [0.1, 0.15) is 31.1 Å². The topological polar surface area (TPSA) is 26.3 Å². The maximum atomic E-state index is 13.2. The van der Waals surface area contributed by atoms with Gasteiger partial charge in [-0.25, -0.2) is 0 Å². The number of benzene rings is 1. The van der Waals surface area contributed by atoms with Crippen LogP contribution in [0, 0.1) is 12.6 Å². The van der Waals surface area contributed by atoms with Gasteiger partial charge in [0.1, 0.15) is 11.5 Å². The Morgan fingerprint density at radius 2 is 1.86 bits per heavy atom. The van der Waals surface area contributed by atoms with Gasteiger partial charge in [0.05, 0.1) is 13.2 Å². The van der Waals surface area contributed by atoms with E-state index in [1.807, 2.05) is 12.1 Å². The normalized spacial score (nSPS) is 18.5. The molecule has 0 spiro atoms. The third-order valence-corrected chi connectivity index (χ3v) is 8.07. The average Bonchev–Trinajstić information content (AvgIpc) is 2.38. The molecule has 0 aromatic heterocycles. The van der Waals surface area contributed by atoms with E-state index < -0.39 is 0 Å². The predicted octanol–water partition coefficient (Wildman–Crippen LogP) is 4.14. The van der Waals surface area contributed by atoms with Crippen molar-refractivity contribution >= 4 is 61.9 Å². The summed E-state index contributed by atoms with van der Waals surface area (Å²) in [4.78, 5) is 13.2. The molecule has 0 saturated carbocycles. The molecule has 5 heteroatoms. The molecule has 2 rings (SSSR count). The Hall–Kier alpha value is 0.660. The summed E-state index contributed by atoms with van der Waals surface area (Å²) in [5.74, 6) is 2.36. The van der Waals surface area contributed by atoms with Crippen LogP contribution in [0.3, 0.4) is 0 Å². The molecular weight excluding hydrogens is 510 g/mol. The summed E-state index contributed by atoms with van der Waals surface area (Å²) in [5, 5.41) is 0.0926. The molecule has 1 aromatic carbocycles. The van der Waals surface area contributed by atoms with E-state index >= 15 is 0 Å². The van der Waals surface area contributed by atoms with Crippen LogP contribution in [0.4, 0.5) is 0 Å². The third kappa shape index (κ3) is 4.57. The zero-order valence-electron chi connectivity index (χ0n) is 12.6. The minimum atomic E-state index is -0.0103. The minimum Gasteiger partial charge on any atom is -0.372 e. The van der Waals surface area contributed by atoms with Crippen molar-refractivity contribution in [3.05, 3.63) is 30.9 Å². The highest BCUT2D eigenvalue weighted by molar-refractivity contribution is 14.1. The smallest absolute Gasteiger partial charge is 0.216 e. The second-order valence-electron chi connectivity index (χ2n) is 6.29. The second-order valence-corrected chi connectivity index (χ2v) is 11.1. The molecule has 1 aliphatic rings. The standard InChI is InChI=1S/C16H21I2O2S/c1-16(2,3)15(21-8-6-20-7-9-21)14(19)12-5-4-11(17)10-13(12)18/h4-5,10,15H,6-9H2,1-3H3/q+1. The molecule has 2 nitrogen and oxygen atoms in total. The zero-order chi connectivity index (χ0) is 15.6. The first kappa shape index (κ1) is 18.0. The van der Waals surface area contributed by atoms with Gasteiger partial charge in [-0.2, -0.15) is 0 Å². The van der Waals surface area contributed by atoms with Crippen LogP contribution in [0.5, 0.6) is 0 Å². The summed E-state index contributed by atoms with van der Waals surface area (Å²) >= 11 is 4.58. The number of carbonyl (C=O) groups excluding carboxylic acids is 1. The maximum Gasteiger partial charge on any atom is 0.216 e. The van der Waals surface area contributed by atoms with Crippen molar-refractivity contribution in [1.29, 1.82) is 0 Å². The first-order chi connectivity index (χ1) is 9.80. The molecule has 0 amide bonds. The number of Topliss-reactive ketones (excluding diaryl/α,β-unsaturated/α-hetero) is 1. The minimum absolute atomic E-state index is 0.0103. The van der Waals surface area contributed by atoms with Gasteiger partial charge in [0.2, 0.25) is 5.78 Å². The summed E-state index contributed by atoms with van der Waals surface area (Å²) in [6.45, 7) is 8.17. The van der Waals surface area contributed by atoms with Crippen molar-refractivity contribution < 1.29 is 9.53 Å². The number of hydrogen-bond donors (Lipinski definition) is 0. The van der Waals surface area contributed by atoms with Gasteiger partial charge in [0.25, 0.3) is 0 Å². The van der Waals surface area contributed by atoms with Crippen molar-refractivity contribution in [3.8, 4) is 0 Å². The second kappa shape index (κ2) is 7.49. The molecule has 1 aromatic rings. The number of halogens is 2. The maximum absolute atomic E-state index is 13.2. The van der Waals surface area contributed by atoms with E-state index in [4.69, 9.17) is 4.74 Å². The number of rotatable bonds is 3. The first-order valence-corrected chi connectivity index (χ1v) is 10.8. The van der Waals surface area contributed by atoms with Gasteiger partial charge in [-0.1, -0.05) is 20.8 Å². The molecule has 0 aliphatic carbocycles. The van der Waals surface area contributed by atoms with E-state index in [0.29, 0.717) is 5.78 Å². The largest absolute Gasteiger partial charge is 0.372 e. The van der Waals surface area contributed by atoms with Crippen LogP contribution in [-0.4, -0.2) is 35.8 Å². The molecule has 1 atom stereocenters. The zero-order valence-corrected chi connectivity index (χ0v) is 17.7. The van der Waals surface area contributed by atoms with E-state index in [1.54, 1.807) is 0 Å². The molecule has 1 saturated heterocycles. The molecule has 116 valence electrons. The Labute approximate surface area is 157 Å². The van der Waals surface area contributed by atoms with E-state index in [9.17, 15) is 4.79 Å². The number of carbonyl (C=O) groups is 1. The highest BCUT2D eigenvalue weighted by Gasteiger charge is 2.46. The lowest BCUT2D eigenvalue weighted by atomic mass is 9.87. The summed E-state index contributed by atoms with van der Waals surface area (Å²) in [6.07, 6.45) is 0. The monoisotopic (exact) mass is 531 g/mol. The molecule has 21 heavy (non-hydrogen) atoms. The third-order valence-electron chi connectivity index (χ3n) is 3.53. The fraction of sp³-hybridized carbons (Fsp3) is 0.562. The average molecular weight is 531 g/mol. The lowest BCUT2D eigenvalue weighted by Crippen LogP contribution is -2.47. The van der Waals surface area contributed by atoms with Gasteiger partial charge in [0.15, 0.2) is 5.25 Å². The predicted molar refractivity (Wildman–Crippen MR) is 107 cm³/mol. The fourth-order valence-corrected chi connectivity index (χ4v) is 7.28. The molecular formula is C16H21I2O2S+. The van der Waals surface area contributed by atoms with Crippen molar-refractivity contribution in [2.45, 2.75) is 26.0 Å². The number of ether oxygens (including phenoxy) is 1. The highest BCUT2D eigenvalue weighted by Crippen LogP contribution is 2.33. The van der Waals surface area contributed by atoms with Gasteiger partial charge >= 0.3 is 0 Å². The number of ketones is 1. The summed E-state index contributed by atoms with van der Waals surface area (Å²) in [6, 6.07) is 6.11. The first-order valence-electron chi connectivity index (χ1n) is 7.04. The Morgan fingerprint density at radius 1 is 1.24 bits per heavy atom. The molecule has 1 fully saturated rings. The van der Waals surface area contributed by atoms with E-state index in [1.165, 1.54) is 3.57 Å². The van der Waals surface area contributed by atoms with Gasteiger partial charge in [0, 0.05) is 29.0 Å². The van der Waals surface area contributed by atoms with E-state index in [2.05, 4.69) is 72.0 Å². The lowest BCUT2D eigenvalue weighted by molar-refractivity contribution is 0.0945. The molecule has 0 radical (unpaired) electrons. The summed E-state index contributed by atoms with van der Waals surface area (Å²) in [7, 11) is 0.124. The Bertz CT molecular complexity index is 519. The molecule has 1 unspecified atom stereocenters. The van der Waals surface area contributed by atoms with Crippen LogP contribution < -0.4 is 0 Å². The van der Waals surface area contributed by atoms with Crippen molar-refractivity contribution in [2.75, 3.05) is 24.7 Å². The van der Waals surface area contributed by atoms with E-state index in [-0.39, 0.29) is 21.6 Å². The highest BCUT2D eigenvalue weighted by atomic mass is 127. The summed E-state index contributed by atoms with van der Waals surface area (Å²) in [5.41, 5.74) is 0.874. The fourth-order valence-electron chi connectivity index (χ4n) is 2.65.